The lowest BCUT2D eigenvalue weighted by molar-refractivity contribution is 0.0556. The van der Waals surface area contributed by atoms with Crippen molar-refractivity contribution in [2.75, 3.05) is 0 Å². The molecule has 4 atom stereocenters. The van der Waals surface area contributed by atoms with E-state index in [4.69, 9.17) is 0 Å². The van der Waals surface area contributed by atoms with Gasteiger partial charge in [0.2, 0.25) is 0 Å². The Balaban J connectivity index is 3.42. The van der Waals surface area contributed by atoms with E-state index in [1.807, 2.05) is 21.9 Å². The average molecular weight is 389 g/mol. The standard InChI is InChI=1S/C24H40N2O2/c1-9-17(5)25(18(6)10-2)23(27)21-15-13-14-16-22(21)24(28)26(19(7)11-3)20(8)12-4/h13-20H,9-12H2,1-8H3/t17-,18-,19-,20+/m0/s1. The zero-order chi connectivity index (χ0) is 21.4. The average Bonchev–Trinajstić information content (AvgIpc) is 2.72. The van der Waals surface area contributed by atoms with Crippen LogP contribution < -0.4 is 0 Å². The smallest absolute Gasteiger partial charge is 0.255 e. The second-order valence-corrected chi connectivity index (χ2v) is 8.00. The number of hydrogen-bond acceptors (Lipinski definition) is 2. The Morgan fingerprint density at radius 2 is 0.893 bits per heavy atom. The van der Waals surface area contributed by atoms with Crippen LogP contribution in [0.25, 0.3) is 0 Å². The number of amides is 2. The maximum atomic E-state index is 13.5. The first-order valence-electron chi connectivity index (χ1n) is 11.0. The van der Waals surface area contributed by atoms with Crippen LogP contribution in [0.1, 0.15) is 102 Å². The molecule has 0 bridgehead atoms. The summed E-state index contributed by atoms with van der Waals surface area (Å²) in [5, 5.41) is 0. The van der Waals surface area contributed by atoms with Gasteiger partial charge < -0.3 is 9.80 Å². The minimum Gasteiger partial charge on any atom is -0.333 e. The van der Waals surface area contributed by atoms with Gasteiger partial charge in [-0.05, 0) is 65.5 Å². The lowest BCUT2D eigenvalue weighted by atomic mass is 10.00. The van der Waals surface area contributed by atoms with Crippen LogP contribution >= 0.6 is 0 Å². The summed E-state index contributed by atoms with van der Waals surface area (Å²) in [6.07, 6.45) is 3.55. The summed E-state index contributed by atoms with van der Waals surface area (Å²) in [6.45, 7) is 16.7. The highest BCUT2D eigenvalue weighted by atomic mass is 16.2. The SMILES string of the molecule is CC[C@@H](C)N(C(=O)c1ccccc1C(=O)N([C@@H](C)CC)[C@@H](C)CC)[C@@H](C)CC. The summed E-state index contributed by atoms with van der Waals surface area (Å²) in [5.74, 6) is -0.0817. The maximum Gasteiger partial charge on any atom is 0.255 e. The molecule has 28 heavy (non-hydrogen) atoms. The second-order valence-electron chi connectivity index (χ2n) is 8.00. The highest BCUT2D eigenvalue weighted by Gasteiger charge is 2.31. The summed E-state index contributed by atoms with van der Waals surface area (Å²) in [7, 11) is 0. The van der Waals surface area contributed by atoms with Crippen molar-refractivity contribution in [2.45, 2.75) is 105 Å². The van der Waals surface area contributed by atoms with Crippen LogP contribution in [0.3, 0.4) is 0 Å². The molecule has 2 amide bonds. The van der Waals surface area contributed by atoms with Crippen LogP contribution in [0.2, 0.25) is 0 Å². The monoisotopic (exact) mass is 388 g/mol. The van der Waals surface area contributed by atoms with Crippen molar-refractivity contribution in [2.24, 2.45) is 0 Å². The van der Waals surface area contributed by atoms with Gasteiger partial charge in [-0.2, -0.15) is 0 Å². The molecule has 0 heterocycles. The fourth-order valence-electron chi connectivity index (χ4n) is 3.59. The molecule has 0 aliphatic rings. The van der Waals surface area contributed by atoms with E-state index in [-0.39, 0.29) is 36.0 Å². The Labute approximate surface area is 172 Å². The first-order valence-corrected chi connectivity index (χ1v) is 11.0. The quantitative estimate of drug-likeness (QED) is 0.511. The van der Waals surface area contributed by atoms with Gasteiger partial charge in [0.05, 0.1) is 11.1 Å². The lowest BCUT2D eigenvalue weighted by Crippen LogP contribution is -2.47. The van der Waals surface area contributed by atoms with Gasteiger partial charge in [0.15, 0.2) is 0 Å². The van der Waals surface area contributed by atoms with Gasteiger partial charge >= 0.3 is 0 Å². The molecule has 1 aromatic carbocycles. The van der Waals surface area contributed by atoms with Crippen LogP contribution in [0.5, 0.6) is 0 Å². The van der Waals surface area contributed by atoms with Crippen molar-refractivity contribution in [3.05, 3.63) is 35.4 Å². The first kappa shape index (κ1) is 24.2. The van der Waals surface area contributed by atoms with E-state index < -0.39 is 0 Å². The molecule has 0 aliphatic heterocycles. The lowest BCUT2D eigenvalue weighted by Gasteiger charge is -2.36. The second kappa shape index (κ2) is 11.2. The zero-order valence-electron chi connectivity index (χ0n) is 19.2. The number of nitrogens with zero attached hydrogens (tertiary/aromatic N) is 2. The fraction of sp³-hybridized carbons (Fsp3) is 0.667. The zero-order valence-corrected chi connectivity index (χ0v) is 19.2. The van der Waals surface area contributed by atoms with Crippen molar-refractivity contribution >= 4 is 11.8 Å². The van der Waals surface area contributed by atoms with Gasteiger partial charge in [0.1, 0.15) is 0 Å². The summed E-state index contributed by atoms with van der Waals surface area (Å²) < 4.78 is 0. The molecule has 0 spiro atoms. The number of carbonyl (C=O) groups excluding carboxylic acids is 2. The van der Waals surface area contributed by atoms with Gasteiger partial charge in [-0.3, -0.25) is 9.59 Å². The van der Waals surface area contributed by atoms with E-state index >= 15 is 0 Å². The van der Waals surface area contributed by atoms with Crippen LogP contribution in [-0.2, 0) is 0 Å². The molecule has 0 fully saturated rings. The molecule has 0 saturated heterocycles. The van der Waals surface area contributed by atoms with Crippen molar-refractivity contribution in [1.29, 1.82) is 0 Å². The van der Waals surface area contributed by atoms with E-state index in [1.54, 1.807) is 12.1 Å². The number of benzene rings is 1. The van der Waals surface area contributed by atoms with E-state index in [0.29, 0.717) is 11.1 Å². The van der Waals surface area contributed by atoms with Crippen LogP contribution in [0, 0.1) is 0 Å². The Kier molecular flexibility index (Phi) is 9.71. The van der Waals surface area contributed by atoms with Crippen molar-refractivity contribution in [1.82, 2.24) is 9.80 Å². The summed E-state index contributed by atoms with van der Waals surface area (Å²) in [6, 6.07) is 7.84. The Bertz CT molecular complexity index is 568. The van der Waals surface area contributed by atoms with Gasteiger partial charge in [-0.25, -0.2) is 0 Å². The molecular weight excluding hydrogens is 348 g/mol. The Morgan fingerprint density at radius 1 is 0.643 bits per heavy atom. The summed E-state index contributed by atoms with van der Waals surface area (Å²) in [5.41, 5.74) is 1.04. The number of rotatable bonds is 10. The van der Waals surface area contributed by atoms with E-state index in [1.165, 1.54) is 0 Å². The molecule has 4 heteroatoms. The molecule has 0 aromatic heterocycles. The highest BCUT2D eigenvalue weighted by Crippen LogP contribution is 2.23. The van der Waals surface area contributed by atoms with Gasteiger partial charge in [0.25, 0.3) is 11.8 Å². The Hall–Kier alpha value is -1.84. The molecule has 0 N–H and O–H groups in total. The molecule has 0 saturated carbocycles. The Morgan fingerprint density at radius 3 is 1.11 bits per heavy atom. The predicted molar refractivity (Wildman–Crippen MR) is 118 cm³/mol. The largest absolute Gasteiger partial charge is 0.333 e. The fourth-order valence-corrected chi connectivity index (χ4v) is 3.59. The molecule has 158 valence electrons. The molecule has 0 unspecified atom stereocenters. The third kappa shape index (κ3) is 5.36. The number of carbonyl (C=O) groups is 2. The first-order chi connectivity index (χ1) is 13.2. The van der Waals surface area contributed by atoms with Crippen LogP contribution in [-0.4, -0.2) is 45.8 Å². The predicted octanol–water partition coefficient (Wildman–Crippen LogP) is 5.77. The van der Waals surface area contributed by atoms with Crippen molar-refractivity contribution in [3.63, 3.8) is 0 Å². The maximum absolute atomic E-state index is 13.5. The van der Waals surface area contributed by atoms with Crippen molar-refractivity contribution in [3.8, 4) is 0 Å². The van der Waals surface area contributed by atoms with E-state index in [2.05, 4.69) is 55.4 Å². The van der Waals surface area contributed by atoms with Crippen LogP contribution in [0.4, 0.5) is 0 Å². The van der Waals surface area contributed by atoms with Crippen LogP contribution in [0.15, 0.2) is 24.3 Å². The van der Waals surface area contributed by atoms with E-state index in [9.17, 15) is 9.59 Å². The molecule has 1 rings (SSSR count). The summed E-state index contributed by atoms with van der Waals surface area (Å²) in [4.78, 5) is 30.9. The minimum absolute atomic E-state index is 0.0408. The minimum atomic E-state index is -0.0408. The molecule has 0 aliphatic carbocycles. The normalized spacial score (nSPS) is 15.4. The number of hydrogen-bond donors (Lipinski definition) is 0. The van der Waals surface area contributed by atoms with Gasteiger partial charge in [0, 0.05) is 24.2 Å². The third-order valence-corrected chi connectivity index (χ3v) is 6.12. The summed E-state index contributed by atoms with van der Waals surface area (Å²) >= 11 is 0. The van der Waals surface area contributed by atoms with E-state index in [0.717, 1.165) is 25.7 Å². The molecule has 0 radical (unpaired) electrons. The molecule has 4 nitrogen and oxygen atoms in total. The highest BCUT2D eigenvalue weighted by molar-refractivity contribution is 6.07. The molecular formula is C24H40N2O2. The molecule has 1 aromatic rings. The van der Waals surface area contributed by atoms with Gasteiger partial charge in [-0.1, -0.05) is 39.8 Å². The van der Waals surface area contributed by atoms with Crippen molar-refractivity contribution < 1.29 is 9.59 Å². The third-order valence-electron chi connectivity index (χ3n) is 6.12. The topological polar surface area (TPSA) is 40.6 Å². The van der Waals surface area contributed by atoms with Gasteiger partial charge in [-0.15, -0.1) is 0 Å².